The minimum atomic E-state index is -0.475. The molecule has 3 aromatic rings. The predicted molar refractivity (Wildman–Crippen MR) is 138 cm³/mol. The largest absolute Gasteiger partial charge is 0.508 e. The fourth-order valence-corrected chi connectivity index (χ4v) is 8.02. The van der Waals surface area contributed by atoms with Crippen molar-refractivity contribution in [2.45, 2.75) is 61.3 Å². The summed E-state index contributed by atoms with van der Waals surface area (Å²) in [4.78, 5) is 15.5. The Morgan fingerprint density at radius 3 is 2.76 bits per heavy atom. The van der Waals surface area contributed by atoms with Crippen molar-refractivity contribution >= 4 is 5.91 Å². The van der Waals surface area contributed by atoms with Gasteiger partial charge in [0, 0.05) is 30.1 Å². The monoisotopic (exact) mass is 498 g/mol. The van der Waals surface area contributed by atoms with Crippen LogP contribution in [0.1, 0.15) is 52.7 Å². The number of phenols is 1. The molecule has 6 heteroatoms. The molecule has 4 bridgehead atoms. The Labute approximate surface area is 216 Å². The van der Waals surface area contributed by atoms with E-state index in [0.717, 1.165) is 45.2 Å². The lowest BCUT2D eigenvalue weighted by Crippen LogP contribution is -2.69. The molecule has 0 unspecified atom stereocenters. The van der Waals surface area contributed by atoms with Gasteiger partial charge in [-0.2, -0.15) is 0 Å². The fourth-order valence-electron chi connectivity index (χ4n) is 8.02. The molecule has 0 saturated carbocycles. The van der Waals surface area contributed by atoms with Crippen LogP contribution in [0.5, 0.6) is 5.75 Å². The molecule has 3 heterocycles. The Morgan fingerprint density at radius 1 is 1.05 bits per heavy atom. The van der Waals surface area contributed by atoms with Gasteiger partial charge in [0.05, 0.1) is 11.2 Å². The first-order valence-electron chi connectivity index (χ1n) is 13.3. The lowest BCUT2D eigenvalue weighted by atomic mass is 9.50. The van der Waals surface area contributed by atoms with Gasteiger partial charge in [-0.25, -0.2) is 4.39 Å². The fraction of sp³-hybridized carbons (Fsp3) is 0.387. The molecule has 3 aromatic carbocycles. The topological polar surface area (TPSA) is 61.8 Å². The standard InChI is InChI=1S/C31H31FN2O3/c32-24-8-4-7-23(15-24)28(36)33-20-29-11-12-31(37-29)27-16-22-9-10-25(35)17-26(22)30(31,19-29)13-14-34(27)18-21-5-2-1-3-6-21/h1-10,15,17,27,35H,11-14,16,18-20H2,(H,33,36)/t27-,29+,30-,31-/m1/s1. The van der Waals surface area contributed by atoms with Crippen LogP contribution >= 0.6 is 0 Å². The van der Waals surface area contributed by atoms with Gasteiger partial charge in [0.1, 0.15) is 11.6 Å². The number of ether oxygens (including phenoxy) is 1. The highest BCUT2D eigenvalue weighted by Gasteiger charge is 2.75. The number of rotatable bonds is 5. The lowest BCUT2D eigenvalue weighted by molar-refractivity contribution is -0.140. The number of halogens is 1. The van der Waals surface area contributed by atoms with Gasteiger partial charge in [-0.05, 0) is 85.7 Å². The molecule has 7 rings (SSSR count). The van der Waals surface area contributed by atoms with Gasteiger partial charge in [-0.1, -0.05) is 42.5 Å². The zero-order valence-electron chi connectivity index (χ0n) is 20.8. The van der Waals surface area contributed by atoms with Crippen molar-refractivity contribution in [1.82, 2.24) is 10.2 Å². The number of piperidine rings is 1. The van der Waals surface area contributed by atoms with Crippen LogP contribution in [0.4, 0.5) is 4.39 Å². The van der Waals surface area contributed by atoms with Crippen LogP contribution in [0.25, 0.3) is 0 Å². The Bertz CT molecular complexity index is 1380. The average Bonchev–Trinajstić information content (AvgIpc) is 3.43. The van der Waals surface area contributed by atoms with Crippen molar-refractivity contribution < 1.29 is 19.0 Å². The molecule has 1 spiro atoms. The summed E-state index contributed by atoms with van der Waals surface area (Å²) in [5.41, 5.74) is 3.11. The van der Waals surface area contributed by atoms with Gasteiger partial charge < -0.3 is 15.2 Å². The summed E-state index contributed by atoms with van der Waals surface area (Å²) in [5.74, 6) is -0.404. The van der Waals surface area contributed by atoms with Crippen LogP contribution in [-0.2, 0) is 23.1 Å². The van der Waals surface area contributed by atoms with Gasteiger partial charge in [0.2, 0.25) is 0 Å². The second kappa shape index (κ2) is 8.14. The Hall–Kier alpha value is -3.22. The van der Waals surface area contributed by atoms with E-state index in [9.17, 15) is 14.3 Å². The van der Waals surface area contributed by atoms with Crippen LogP contribution in [0.15, 0.2) is 72.8 Å². The zero-order valence-corrected chi connectivity index (χ0v) is 20.8. The molecular formula is C31H31FN2O3. The minimum absolute atomic E-state index is 0.195. The quantitative estimate of drug-likeness (QED) is 0.534. The maximum atomic E-state index is 13.7. The molecule has 1 aliphatic carbocycles. The maximum absolute atomic E-state index is 13.7. The van der Waals surface area contributed by atoms with E-state index in [1.54, 1.807) is 18.2 Å². The number of aromatic hydroxyl groups is 1. The van der Waals surface area contributed by atoms with E-state index in [4.69, 9.17) is 4.74 Å². The molecule has 3 saturated heterocycles. The molecule has 5 nitrogen and oxygen atoms in total. The van der Waals surface area contributed by atoms with Crippen molar-refractivity contribution in [3.05, 3.63) is 101 Å². The Kier molecular flexibility index (Phi) is 5.05. The molecule has 37 heavy (non-hydrogen) atoms. The Balaban J connectivity index is 1.23. The van der Waals surface area contributed by atoms with Crippen molar-refractivity contribution in [3.8, 4) is 5.75 Å². The van der Waals surface area contributed by atoms with E-state index in [1.807, 2.05) is 6.07 Å². The molecule has 0 radical (unpaired) electrons. The Morgan fingerprint density at radius 2 is 1.92 bits per heavy atom. The number of fused-ring (bicyclic) bond motifs is 2. The summed E-state index contributed by atoms with van der Waals surface area (Å²) in [7, 11) is 0. The molecule has 2 N–H and O–H groups in total. The lowest BCUT2D eigenvalue weighted by Gasteiger charge is -2.60. The van der Waals surface area contributed by atoms with Gasteiger partial charge >= 0.3 is 0 Å². The van der Waals surface area contributed by atoms with E-state index >= 15 is 0 Å². The molecular weight excluding hydrogens is 467 g/mol. The van der Waals surface area contributed by atoms with Gasteiger partial charge in [0.25, 0.3) is 5.91 Å². The average molecular weight is 499 g/mol. The van der Waals surface area contributed by atoms with Gasteiger partial charge in [-0.3, -0.25) is 9.69 Å². The highest BCUT2D eigenvalue weighted by molar-refractivity contribution is 5.94. The van der Waals surface area contributed by atoms with E-state index < -0.39 is 11.4 Å². The number of carbonyl (C=O) groups excluding carboxylic acids is 1. The molecule has 190 valence electrons. The molecule has 3 aliphatic heterocycles. The highest BCUT2D eigenvalue weighted by atomic mass is 19.1. The summed E-state index contributed by atoms with van der Waals surface area (Å²) >= 11 is 0. The van der Waals surface area contributed by atoms with Crippen LogP contribution in [0.3, 0.4) is 0 Å². The molecule has 1 amide bonds. The molecule has 4 aliphatic rings. The second-order valence-corrected chi connectivity index (χ2v) is 11.4. The summed E-state index contributed by atoms with van der Waals surface area (Å²) in [5, 5.41) is 13.5. The number of hydrogen-bond acceptors (Lipinski definition) is 4. The van der Waals surface area contributed by atoms with E-state index in [2.05, 4.69) is 46.6 Å². The first kappa shape index (κ1) is 22.9. The van der Waals surface area contributed by atoms with Crippen LogP contribution in [-0.4, -0.2) is 46.2 Å². The highest BCUT2D eigenvalue weighted by Crippen LogP contribution is 2.69. The number of nitrogens with zero attached hydrogens (tertiary/aromatic N) is 1. The number of benzene rings is 3. The predicted octanol–water partition coefficient (Wildman–Crippen LogP) is 4.72. The molecule has 3 fully saturated rings. The van der Waals surface area contributed by atoms with Crippen molar-refractivity contribution in [2.24, 2.45) is 0 Å². The van der Waals surface area contributed by atoms with Crippen molar-refractivity contribution in [2.75, 3.05) is 13.1 Å². The minimum Gasteiger partial charge on any atom is -0.508 e. The van der Waals surface area contributed by atoms with E-state index in [-0.39, 0.29) is 23.0 Å². The SMILES string of the molecule is O=C(NC[C@@]12CC[C@@]3(O1)[C@H]1Cc4ccc(O)cc4[C@@]3(CCN1Cc1ccccc1)C2)c1cccc(F)c1. The molecule has 0 aromatic heterocycles. The van der Waals surface area contributed by atoms with Crippen molar-refractivity contribution in [3.63, 3.8) is 0 Å². The first-order chi connectivity index (χ1) is 17.9. The van der Waals surface area contributed by atoms with Crippen LogP contribution in [0.2, 0.25) is 0 Å². The zero-order chi connectivity index (χ0) is 25.3. The normalized spacial score (nSPS) is 31.5. The third kappa shape index (κ3) is 3.39. The molecule has 4 atom stereocenters. The smallest absolute Gasteiger partial charge is 0.251 e. The maximum Gasteiger partial charge on any atom is 0.251 e. The number of hydrogen-bond donors (Lipinski definition) is 2. The number of carbonyl (C=O) groups is 1. The second-order valence-electron chi connectivity index (χ2n) is 11.4. The van der Waals surface area contributed by atoms with Gasteiger partial charge in [-0.15, -0.1) is 0 Å². The number of nitrogens with one attached hydrogen (secondary N) is 1. The third-order valence-corrected chi connectivity index (χ3v) is 9.50. The van der Waals surface area contributed by atoms with Crippen LogP contribution < -0.4 is 5.32 Å². The summed E-state index contributed by atoms with van der Waals surface area (Å²) in [6, 6.07) is 22.5. The van der Waals surface area contributed by atoms with E-state index in [1.165, 1.54) is 28.8 Å². The number of likely N-dealkylation sites (tertiary alicyclic amines) is 1. The van der Waals surface area contributed by atoms with E-state index in [0.29, 0.717) is 17.9 Å². The number of phenolic OH excluding ortho intramolecular Hbond substituents is 1. The summed E-state index contributed by atoms with van der Waals surface area (Å²) < 4.78 is 20.9. The first-order valence-corrected chi connectivity index (χ1v) is 13.3. The van der Waals surface area contributed by atoms with Gasteiger partial charge in [0.15, 0.2) is 0 Å². The number of amides is 1. The summed E-state index contributed by atoms with van der Waals surface area (Å²) in [6.07, 6.45) is 4.45. The van der Waals surface area contributed by atoms with Crippen LogP contribution in [0, 0.1) is 5.82 Å². The summed E-state index contributed by atoms with van der Waals surface area (Å²) in [6.45, 7) is 2.24. The third-order valence-electron chi connectivity index (χ3n) is 9.50. The van der Waals surface area contributed by atoms with Crippen molar-refractivity contribution in [1.29, 1.82) is 0 Å².